The molecule has 1 aliphatic rings. The second kappa shape index (κ2) is 3.56. The van der Waals surface area contributed by atoms with Gasteiger partial charge in [0, 0.05) is 6.42 Å². The summed E-state index contributed by atoms with van der Waals surface area (Å²) in [6.45, 7) is 4.03. The number of hydrogen-bond donors (Lipinski definition) is 0. The van der Waals surface area contributed by atoms with Crippen LogP contribution in [0.4, 0.5) is 0 Å². The molecule has 0 saturated carbocycles. The second-order valence-electron chi connectivity index (χ2n) is 3.06. The van der Waals surface area contributed by atoms with E-state index in [1.54, 1.807) is 0 Å². The SMILES string of the molecule is COC(=O)C1CC(C(C)C)=NO1. The quantitative estimate of drug-likeness (QED) is 0.581. The number of carbonyl (C=O) groups excluding carboxylic acids is 1. The van der Waals surface area contributed by atoms with Crippen LogP contribution in [0, 0.1) is 5.92 Å². The number of ether oxygens (including phenoxy) is 1. The van der Waals surface area contributed by atoms with E-state index in [-0.39, 0.29) is 5.97 Å². The van der Waals surface area contributed by atoms with Gasteiger partial charge in [0.2, 0.25) is 6.10 Å². The standard InChI is InChI=1S/C8H13NO3/c1-5(2)6-4-7(12-9-6)8(10)11-3/h5,7H,4H2,1-3H3. The number of rotatable bonds is 2. The molecule has 0 saturated heterocycles. The molecule has 0 aromatic carbocycles. The van der Waals surface area contributed by atoms with E-state index in [2.05, 4.69) is 9.89 Å². The van der Waals surface area contributed by atoms with Crippen molar-refractivity contribution >= 4 is 11.7 Å². The van der Waals surface area contributed by atoms with Crippen LogP contribution in [0.3, 0.4) is 0 Å². The molecule has 0 bridgehead atoms. The summed E-state index contributed by atoms with van der Waals surface area (Å²) >= 11 is 0. The van der Waals surface area contributed by atoms with Gasteiger partial charge in [0.25, 0.3) is 0 Å². The zero-order valence-electron chi connectivity index (χ0n) is 7.53. The van der Waals surface area contributed by atoms with Crippen LogP contribution in [0.1, 0.15) is 20.3 Å². The molecule has 1 atom stereocenters. The van der Waals surface area contributed by atoms with E-state index in [0.29, 0.717) is 12.3 Å². The van der Waals surface area contributed by atoms with Gasteiger partial charge in [-0.2, -0.15) is 0 Å². The molecule has 68 valence electrons. The maximum absolute atomic E-state index is 11.0. The average molecular weight is 171 g/mol. The summed E-state index contributed by atoms with van der Waals surface area (Å²) in [4.78, 5) is 15.9. The van der Waals surface area contributed by atoms with Crippen LogP contribution in [0.5, 0.6) is 0 Å². The molecule has 4 heteroatoms. The Morgan fingerprint density at radius 1 is 1.75 bits per heavy atom. The van der Waals surface area contributed by atoms with Crippen molar-refractivity contribution < 1.29 is 14.4 Å². The molecule has 0 aromatic heterocycles. The van der Waals surface area contributed by atoms with Crippen LogP contribution in [-0.2, 0) is 14.4 Å². The first kappa shape index (κ1) is 9.03. The monoisotopic (exact) mass is 171 g/mol. The van der Waals surface area contributed by atoms with Crippen molar-refractivity contribution in [1.29, 1.82) is 0 Å². The fourth-order valence-electron chi connectivity index (χ4n) is 0.995. The molecule has 4 nitrogen and oxygen atoms in total. The summed E-state index contributed by atoms with van der Waals surface area (Å²) in [5, 5.41) is 3.80. The highest BCUT2D eigenvalue weighted by Crippen LogP contribution is 2.16. The van der Waals surface area contributed by atoms with Gasteiger partial charge in [-0.25, -0.2) is 4.79 Å². The Hall–Kier alpha value is -1.06. The zero-order chi connectivity index (χ0) is 9.14. The van der Waals surface area contributed by atoms with Crippen molar-refractivity contribution in [3.8, 4) is 0 Å². The Labute approximate surface area is 71.5 Å². The first-order chi connectivity index (χ1) is 5.65. The maximum Gasteiger partial charge on any atom is 0.350 e. The summed E-state index contributed by atoms with van der Waals surface area (Å²) < 4.78 is 4.52. The molecule has 0 aromatic rings. The normalized spacial score (nSPS) is 22.0. The number of methoxy groups -OCH3 is 1. The highest BCUT2D eigenvalue weighted by atomic mass is 16.7. The van der Waals surface area contributed by atoms with Gasteiger partial charge in [0.15, 0.2) is 0 Å². The molecule has 0 amide bonds. The molecule has 1 aliphatic heterocycles. The molecule has 0 radical (unpaired) electrons. The molecular formula is C8H13NO3. The lowest BCUT2D eigenvalue weighted by atomic mass is 10.0. The second-order valence-corrected chi connectivity index (χ2v) is 3.06. The molecule has 1 rings (SSSR count). The van der Waals surface area contributed by atoms with Crippen molar-refractivity contribution in [2.24, 2.45) is 11.1 Å². The first-order valence-electron chi connectivity index (χ1n) is 3.95. The van der Waals surface area contributed by atoms with Crippen LogP contribution in [0.15, 0.2) is 5.16 Å². The minimum Gasteiger partial charge on any atom is -0.466 e. The van der Waals surface area contributed by atoms with E-state index in [0.717, 1.165) is 5.71 Å². The van der Waals surface area contributed by atoms with Gasteiger partial charge in [-0.15, -0.1) is 0 Å². The van der Waals surface area contributed by atoms with Crippen molar-refractivity contribution in [2.45, 2.75) is 26.4 Å². The van der Waals surface area contributed by atoms with Gasteiger partial charge in [-0.05, 0) is 5.92 Å². The van der Waals surface area contributed by atoms with E-state index >= 15 is 0 Å². The van der Waals surface area contributed by atoms with E-state index in [1.165, 1.54) is 7.11 Å². The number of oxime groups is 1. The zero-order valence-corrected chi connectivity index (χ0v) is 7.53. The molecule has 0 fully saturated rings. The predicted molar refractivity (Wildman–Crippen MR) is 43.8 cm³/mol. The molecular weight excluding hydrogens is 158 g/mol. The Morgan fingerprint density at radius 2 is 2.42 bits per heavy atom. The summed E-state index contributed by atoms with van der Waals surface area (Å²) in [7, 11) is 1.35. The van der Waals surface area contributed by atoms with Crippen LogP contribution in [0.2, 0.25) is 0 Å². The average Bonchev–Trinajstić information content (AvgIpc) is 2.51. The van der Waals surface area contributed by atoms with Crippen molar-refractivity contribution in [2.75, 3.05) is 7.11 Å². The van der Waals surface area contributed by atoms with Gasteiger partial charge < -0.3 is 9.57 Å². The highest BCUT2D eigenvalue weighted by Gasteiger charge is 2.29. The van der Waals surface area contributed by atoms with Crippen LogP contribution in [0.25, 0.3) is 0 Å². The largest absolute Gasteiger partial charge is 0.466 e. The third-order valence-corrected chi connectivity index (χ3v) is 1.82. The number of esters is 1. The third kappa shape index (κ3) is 1.75. The van der Waals surface area contributed by atoms with Crippen molar-refractivity contribution in [3.63, 3.8) is 0 Å². The Morgan fingerprint density at radius 3 is 2.83 bits per heavy atom. The van der Waals surface area contributed by atoms with E-state index in [9.17, 15) is 4.79 Å². The van der Waals surface area contributed by atoms with E-state index < -0.39 is 6.10 Å². The summed E-state index contributed by atoms with van der Waals surface area (Å²) in [6, 6.07) is 0. The number of carbonyl (C=O) groups is 1. The van der Waals surface area contributed by atoms with Gasteiger partial charge in [-0.1, -0.05) is 19.0 Å². The third-order valence-electron chi connectivity index (χ3n) is 1.82. The molecule has 12 heavy (non-hydrogen) atoms. The summed E-state index contributed by atoms with van der Waals surface area (Å²) in [6.07, 6.45) is 0.0389. The summed E-state index contributed by atoms with van der Waals surface area (Å²) in [5.74, 6) is -0.0194. The Kier molecular flexibility index (Phi) is 2.68. The minimum absolute atomic E-state index is 0.333. The molecule has 0 spiro atoms. The maximum atomic E-state index is 11.0. The van der Waals surface area contributed by atoms with Crippen molar-refractivity contribution in [3.05, 3.63) is 0 Å². The molecule has 1 heterocycles. The fraction of sp³-hybridized carbons (Fsp3) is 0.750. The summed E-state index contributed by atoms with van der Waals surface area (Å²) in [5.41, 5.74) is 0.922. The fourth-order valence-corrected chi connectivity index (χ4v) is 0.995. The first-order valence-corrected chi connectivity index (χ1v) is 3.95. The number of hydrogen-bond acceptors (Lipinski definition) is 4. The number of nitrogens with zero attached hydrogens (tertiary/aromatic N) is 1. The van der Waals surface area contributed by atoms with Gasteiger partial charge in [0.05, 0.1) is 12.8 Å². The molecule has 0 N–H and O–H groups in total. The lowest BCUT2D eigenvalue weighted by Crippen LogP contribution is -2.22. The smallest absolute Gasteiger partial charge is 0.350 e. The van der Waals surface area contributed by atoms with Crippen LogP contribution < -0.4 is 0 Å². The van der Waals surface area contributed by atoms with Gasteiger partial charge in [-0.3, -0.25) is 0 Å². The lowest BCUT2D eigenvalue weighted by molar-refractivity contribution is -0.152. The van der Waals surface area contributed by atoms with E-state index in [4.69, 9.17) is 4.84 Å². The minimum atomic E-state index is -0.521. The Balaban J connectivity index is 2.47. The van der Waals surface area contributed by atoms with Gasteiger partial charge in [0.1, 0.15) is 0 Å². The lowest BCUT2D eigenvalue weighted by Gasteiger charge is -2.04. The molecule has 1 unspecified atom stereocenters. The van der Waals surface area contributed by atoms with Crippen molar-refractivity contribution in [1.82, 2.24) is 0 Å². The highest BCUT2D eigenvalue weighted by molar-refractivity contribution is 5.92. The predicted octanol–water partition coefficient (Wildman–Crippen LogP) is 0.960. The Bertz CT molecular complexity index is 210. The van der Waals surface area contributed by atoms with Crippen LogP contribution >= 0.6 is 0 Å². The van der Waals surface area contributed by atoms with Gasteiger partial charge >= 0.3 is 5.97 Å². The topological polar surface area (TPSA) is 47.9 Å². The van der Waals surface area contributed by atoms with Crippen LogP contribution in [-0.4, -0.2) is 24.9 Å². The molecule has 0 aliphatic carbocycles. The van der Waals surface area contributed by atoms with E-state index in [1.807, 2.05) is 13.8 Å².